The first-order chi connectivity index (χ1) is 8.25. The molecule has 0 bridgehead atoms. The van der Waals surface area contributed by atoms with Crippen LogP contribution < -0.4 is 10.6 Å². The van der Waals surface area contributed by atoms with Gasteiger partial charge in [-0.15, -0.1) is 0 Å². The van der Waals surface area contributed by atoms with Gasteiger partial charge >= 0.3 is 6.03 Å². The molecule has 4 heteroatoms. The van der Waals surface area contributed by atoms with Crippen LogP contribution in [0.5, 0.6) is 0 Å². The van der Waals surface area contributed by atoms with Crippen molar-refractivity contribution in [1.82, 2.24) is 10.6 Å². The maximum absolute atomic E-state index is 11.8. The molecule has 98 valence electrons. The predicted octanol–water partition coefficient (Wildman–Crippen LogP) is 2.04. The van der Waals surface area contributed by atoms with Gasteiger partial charge < -0.3 is 15.4 Å². The number of hydrogen-bond donors (Lipinski definition) is 2. The monoisotopic (exact) mass is 240 g/mol. The zero-order chi connectivity index (χ0) is 12.1. The molecule has 0 aromatic carbocycles. The highest BCUT2D eigenvalue weighted by Gasteiger charge is 2.23. The predicted molar refractivity (Wildman–Crippen MR) is 66.9 cm³/mol. The molecule has 1 aliphatic heterocycles. The molecule has 2 rings (SSSR count). The molecule has 1 saturated heterocycles. The third-order valence-electron chi connectivity index (χ3n) is 3.94. The van der Waals surface area contributed by atoms with Crippen LogP contribution in [0.15, 0.2) is 0 Å². The molecule has 1 heterocycles. The van der Waals surface area contributed by atoms with E-state index in [9.17, 15) is 4.79 Å². The van der Waals surface area contributed by atoms with Gasteiger partial charge in [-0.1, -0.05) is 26.2 Å². The quantitative estimate of drug-likeness (QED) is 0.726. The summed E-state index contributed by atoms with van der Waals surface area (Å²) in [6, 6.07) is 0.537. The Morgan fingerprint density at radius 1 is 1.12 bits per heavy atom. The smallest absolute Gasteiger partial charge is 0.315 e. The molecule has 1 aliphatic carbocycles. The lowest BCUT2D eigenvalue weighted by atomic mass is 9.97. The van der Waals surface area contributed by atoms with Crippen molar-refractivity contribution in [3.05, 3.63) is 0 Å². The van der Waals surface area contributed by atoms with Crippen LogP contribution in [-0.4, -0.2) is 31.3 Å². The minimum Gasteiger partial charge on any atom is -0.379 e. The van der Waals surface area contributed by atoms with E-state index in [1.807, 2.05) is 0 Å². The van der Waals surface area contributed by atoms with Crippen LogP contribution in [0.1, 0.15) is 45.4 Å². The fourth-order valence-corrected chi connectivity index (χ4v) is 2.75. The minimum atomic E-state index is -0.0146. The molecule has 1 saturated carbocycles. The van der Waals surface area contributed by atoms with E-state index in [1.54, 1.807) is 0 Å². The first-order valence-electron chi connectivity index (χ1n) is 6.90. The molecule has 0 aromatic heterocycles. The van der Waals surface area contributed by atoms with Crippen molar-refractivity contribution < 1.29 is 9.53 Å². The number of amides is 2. The summed E-state index contributed by atoms with van der Waals surface area (Å²) in [5, 5.41) is 6.12. The van der Waals surface area contributed by atoms with Crippen LogP contribution in [0.25, 0.3) is 0 Å². The summed E-state index contributed by atoms with van der Waals surface area (Å²) in [4.78, 5) is 11.8. The van der Waals surface area contributed by atoms with Crippen LogP contribution in [0, 0.1) is 5.92 Å². The van der Waals surface area contributed by atoms with Crippen molar-refractivity contribution in [1.29, 1.82) is 0 Å². The van der Waals surface area contributed by atoms with Crippen molar-refractivity contribution in [2.45, 2.75) is 57.5 Å². The number of rotatable bonds is 2. The molecule has 0 radical (unpaired) electrons. The standard InChI is InChI=1S/C13H24N2O2/c1-10-5-3-2-4-6-12(10)15-13(16)14-11-7-8-17-9-11/h10-12H,2-9H2,1H3,(H2,14,15,16). The van der Waals surface area contributed by atoms with E-state index in [0.717, 1.165) is 19.4 Å². The molecule has 0 aromatic rings. The fraction of sp³-hybridized carbons (Fsp3) is 0.923. The number of carbonyl (C=O) groups excluding carboxylic acids is 1. The second kappa shape index (κ2) is 6.24. The Morgan fingerprint density at radius 3 is 2.71 bits per heavy atom. The molecular formula is C13H24N2O2. The Labute approximate surface area is 103 Å². The normalized spacial score (nSPS) is 34.1. The van der Waals surface area contributed by atoms with Gasteiger partial charge in [0.25, 0.3) is 0 Å². The Hall–Kier alpha value is -0.770. The van der Waals surface area contributed by atoms with Gasteiger partial charge in [0.15, 0.2) is 0 Å². The van der Waals surface area contributed by atoms with Gasteiger partial charge in [-0.05, 0) is 25.2 Å². The van der Waals surface area contributed by atoms with Crippen LogP contribution in [-0.2, 0) is 4.74 Å². The highest BCUT2D eigenvalue weighted by molar-refractivity contribution is 5.74. The van der Waals surface area contributed by atoms with Crippen LogP contribution in [0.4, 0.5) is 4.79 Å². The molecule has 3 unspecified atom stereocenters. The van der Waals surface area contributed by atoms with E-state index in [-0.39, 0.29) is 12.1 Å². The summed E-state index contributed by atoms with van der Waals surface area (Å²) in [6.07, 6.45) is 7.14. The summed E-state index contributed by atoms with van der Waals surface area (Å²) < 4.78 is 5.25. The molecule has 4 nitrogen and oxygen atoms in total. The second-order valence-electron chi connectivity index (χ2n) is 5.40. The Balaban J connectivity index is 1.75. The average Bonchev–Trinajstić information content (AvgIpc) is 2.71. The number of hydrogen-bond acceptors (Lipinski definition) is 2. The van der Waals surface area contributed by atoms with Crippen LogP contribution in [0.2, 0.25) is 0 Å². The largest absolute Gasteiger partial charge is 0.379 e. The number of nitrogens with one attached hydrogen (secondary N) is 2. The molecular weight excluding hydrogens is 216 g/mol. The molecule has 17 heavy (non-hydrogen) atoms. The minimum absolute atomic E-state index is 0.0146. The van der Waals surface area contributed by atoms with E-state index in [2.05, 4.69) is 17.6 Å². The van der Waals surface area contributed by atoms with E-state index >= 15 is 0 Å². The topological polar surface area (TPSA) is 50.4 Å². The first kappa shape index (κ1) is 12.7. The molecule has 2 aliphatic rings. The lowest BCUT2D eigenvalue weighted by Gasteiger charge is -2.23. The third kappa shape index (κ3) is 3.87. The SMILES string of the molecule is CC1CCCCCC1NC(=O)NC1CCOC1. The Bertz CT molecular complexity index is 252. The van der Waals surface area contributed by atoms with E-state index < -0.39 is 0 Å². The number of ether oxygens (including phenoxy) is 1. The van der Waals surface area contributed by atoms with Gasteiger partial charge in [-0.2, -0.15) is 0 Å². The number of carbonyl (C=O) groups is 1. The van der Waals surface area contributed by atoms with Gasteiger partial charge in [-0.25, -0.2) is 4.79 Å². The van der Waals surface area contributed by atoms with Gasteiger partial charge in [0.2, 0.25) is 0 Å². The van der Waals surface area contributed by atoms with Gasteiger partial charge in [0, 0.05) is 12.6 Å². The Morgan fingerprint density at radius 2 is 1.94 bits per heavy atom. The lowest BCUT2D eigenvalue weighted by molar-refractivity contribution is 0.187. The van der Waals surface area contributed by atoms with Crippen molar-refractivity contribution in [2.24, 2.45) is 5.92 Å². The van der Waals surface area contributed by atoms with Gasteiger partial charge in [0.1, 0.15) is 0 Å². The maximum atomic E-state index is 11.8. The number of urea groups is 1. The molecule has 2 amide bonds. The molecule has 3 atom stereocenters. The Kier molecular flexibility index (Phi) is 4.66. The fourth-order valence-electron chi connectivity index (χ4n) is 2.75. The van der Waals surface area contributed by atoms with E-state index in [1.165, 1.54) is 25.7 Å². The third-order valence-corrected chi connectivity index (χ3v) is 3.94. The van der Waals surface area contributed by atoms with Gasteiger partial charge in [0.05, 0.1) is 12.6 Å². The maximum Gasteiger partial charge on any atom is 0.315 e. The van der Waals surface area contributed by atoms with Crippen molar-refractivity contribution in [3.8, 4) is 0 Å². The zero-order valence-corrected chi connectivity index (χ0v) is 10.7. The molecule has 2 N–H and O–H groups in total. The second-order valence-corrected chi connectivity index (χ2v) is 5.40. The summed E-state index contributed by atoms with van der Waals surface area (Å²) in [5.41, 5.74) is 0. The summed E-state index contributed by atoms with van der Waals surface area (Å²) >= 11 is 0. The van der Waals surface area contributed by atoms with Crippen LogP contribution in [0.3, 0.4) is 0 Å². The van der Waals surface area contributed by atoms with Crippen molar-refractivity contribution >= 4 is 6.03 Å². The van der Waals surface area contributed by atoms with Crippen molar-refractivity contribution in [2.75, 3.05) is 13.2 Å². The highest BCUT2D eigenvalue weighted by Crippen LogP contribution is 2.22. The zero-order valence-electron chi connectivity index (χ0n) is 10.7. The lowest BCUT2D eigenvalue weighted by Crippen LogP contribution is -2.48. The molecule has 2 fully saturated rings. The summed E-state index contributed by atoms with van der Waals surface area (Å²) in [7, 11) is 0. The average molecular weight is 240 g/mol. The first-order valence-corrected chi connectivity index (χ1v) is 6.90. The molecule has 0 spiro atoms. The summed E-state index contributed by atoms with van der Waals surface area (Å²) in [5.74, 6) is 0.600. The summed E-state index contributed by atoms with van der Waals surface area (Å²) in [6.45, 7) is 3.67. The van der Waals surface area contributed by atoms with E-state index in [0.29, 0.717) is 18.6 Å². The van der Waals surface area contributed by atoms with Gasteiger partial charge in [-0.3, -0.25) is 0 Å². The van der Waals surface area contributed by atoms with Crippen molar-refractivity contribution in [3.63, 3.8) is 0 Å². The van der Waals surface area contributed by atoms with E-state index in [4.69, 9.17) is 4.74 Å². The highest BCUT2D eigenvalue weighted by atomic mass is 16.5. The van der Waals surface area contributed by atoms with Crippen LogP contribution >= 0.6 is 0 Å².